The highest BCUT2D eigenvalue weighted by molar-refractivity contribution is 7.53. The van der Waals surface area contributed by atoms with Crippen molar-refractivity contribution in [1.82, 2.24) is 0 Å². The third kappa shape index (κ3) is 20.8. The highest BCUT2D eigenvalue weighted by Crippen LogP contribution is 2.56. The predicted molar refractivity (Wildman–Crippen MR) is 289 cm³/mol. The Balaban J connectivity index is 0.00000304. The molecule has 9 nitrogen and oxygen atoms in total. The van der Waals surface area contributed by atoms with Gasteiger partial charge in [0.15, 0.2) is 0 Å². The first-order valence-corrected chi connectivity index (χ1v) is 28.9. The van der Waals surface area contributed by atoms with Crippen molar-refractivity contribution in [3.63, 3.8) is 0 Å². The smallest absolute Gasteiger partial charge is 0.334 e. The zero-order valence-corrected chi connectivity index (χ0v) is 47.7. The zero-order valence-electron chi connectivity index (χ0n) is 45.9. The minimum absolute atomic E-state index is 0.400. The quantitative estimate of drug-likeness (QED) is 0.0280. The topological polar surface area (TPSA) is 171 Å². The van der Waals surface area contributed by atoms with E-state index in [9.17, 15) is 20.4 Å². The average Bonchev–Trinajstić information content (AvgIpc) is 3.23. The minimum Gasteiger partial charge on any atom is -0.395 e. The zero-order chi connectivity index (χ0) is 52.0. The average molecular weight is 995 g/mol. The van der Waals surface area contributed by atoms with Crippen molar-refractivity contribution in [2.75, 3.05) is 19.8 Å². The van der Waals surface area contributed by atoms with Gasteiger partial charge >= 0.3 is 17.2 Å². The molecule has 0 aliphatic rings. The third-order valence-corrected chi connectivity index (χ3v) is 15.0. The highest BCUT2D eigenvalue weighted by atomic mass is 31.2. The van der Waals surface area contributed by atoms with Gasteiger partial charge in [0.25, 0.3) is 0 Å². The van der Waals surface area contributed by atoms with Crippen molar-refractivity contribution in [2.45, 2.75) is 265 Å². The fourth-order valence-corrected chi connectivity index (χ4v) is 10.2. The van der Waals surface area contributed by atoms with Crippen LogP contribution in [0.15, 0.2) is 24.3 Å². The normalized spacial score (nSPS) is 13.2. The standard InChI is InChI=1S/C57H100O4.H4O5P2/c1-15-17-19-21-23-25-27-29-31-33-35-44-37-46(52(3,4)5)50(47(38-44)53(6,7)8)57(61,56(41-58,42-59)43-60)51-48(54(9,10)11)39-45(40-49(51)55(12,13)14)36-34-32-30-28-26-24-22-20-18-16-2;1-6(2)5-7(3)4/h37-40,58-61H,15-36,41-43H2,1-14H3;1-4H. The Morgan fingerprint density at radius 1 is 0.382 bits per heavy atom. The van der Waals surface area contributed by atoms with Gasteiger partial charge in [0, 0.05) is 0 Å². The fraction of sp³-hybridized carbons (Fsp3) is 0.789. The van der Waals surface area contributed by atoms with Crippen molar-refractivity contribution in [3.05, 3.63) is 68.8 Å². The van der Waals surface area contributed by atoms with E-state index in [2.05, 4.69) is 126 Å². The van der Waals surface area contributed by atoms with Crippen LogP contribution in [0.25, 0.3) is 0 Å². The molecule has 0 aliphatic heterocycles. The number of benzene rings is 2. The van der Waals surface area contributed by atoms with Gasteiger partial charge in [0.1, 0.15) is 5.60 Å². The maximum Gasteiger partial charge on any atom is 0.334 e. The van der Waals surface area contributed by atoms with Gasteiger partial charge in [-0.15, -0.1) is 0 Å². The number of aliphatic hydroxyl groups is 4. The lowest BCUT2D eigenvalue weighted by atomic mass is 9.56. The van der Waals surface area contributed by atoms with Gasteiger partial charge in [-0.2, -0.15) is 0 Å². The first-order valence-electron chi connectivity index (χ1n) is 26.6. The van der Waals surface area contributed by atoms with Crippen molar-refractivity contribution >= 4 is 17.2 Å². The van der Waals surface area contributed by atoms with E-state index in [1.165, 1.54) is 127 Å². The summed E-state index contributed by atoms with van der Waals surface area (Å²) in [5.41, 5.74) is 2.80. The van der Waals surface area contributed by atoms with Crippen molar-refractivity contribution in [2.24, 2.45) is 5.41 Å². The van der Waals surface area contributed by atoms with Gasteiger partial charge in [-0.1, -0.05) is 237 Å². The van der Waals surface area contributed by atoms with Gasteiger partial charge < -0.3 is 40.0 Å². The summed E-state index contributed by atoms with van der Waals surface area (Å²) in [5.74, 6) is 0. The molecule has 0 radical (unpaired) electrons. The molecule has 0 atom stereocenters. The maximum atomic E-state index is 14.5. The number of unbranched alkanes of at least 4 members (excludes halogenated alkanes) is 18. The fourth-order valence-electron chi connectivity index (χ4n) is 9.69. The maximum absolute atomic E-state index is 14.5. The van der Waals surface area contributed by atoms with Crippen LogP contribution in [0.2, 0.25) is 0 Å². The summed E-state index contributed by atoms with van der Waals surface area (Å²) < 4.78 is 3.60. The Bertz CT molecular complexity index is 1490. The summed E-state index contributed by atoms with van der Waals surface area (Å²) in [5, 5.41) is 49.1. The second kappa shape index (κ2) is 30.9. The molecule has 68 heavy (non-hydrogen) atoms. The van der Waals surface area contributed by atoms with E-state index in [4.69, 9.17) is 19.6 Å². The van der Waals surface area contributed by atoms with Crippen molar-refractivity contribution < 1.29 is 44.3 Å². The van der Waals surface area contributed by atoms with Crippen LogP contribution in [-0.4, -0.2) is 59.8 Å². The summed E-state index contributed by atoms with van der Waals surface area (Å²) in [6.07, 6.45) is 27.8. The van der Waals surface area contributed by atoms with E-state index in [1.807, 2.05) is 0 Å². The van der Waals surface area contributed by atoms with E-state index < -0.39 is 69.7 Å². The van der Waals surface area contributed by atoms with E-state index in [1.54, 1.807) is 0 Å². The van der Waals surface area contributed by atoms with Crippen LogP contribution in [-0.2, 0) is 44.4 Å². The summed E-state index contributed by atoms with van der Waals surface area (Å²) in [7, 11) is -5.22. The van der Waals surface area contributed by atoms with Crippen molar-refractivity contribution in [3.8, 4) is 0 Å². The molecule has 2 aromatic carbocycles. The third-order valence-electron chi connectivity index (χ3n) is 13.8. The number of rotatable bonds is 30. The molecule has 396 valence electrons. The van der Waals surface area contributed by atoms with E-state index in [-0.39, 0.29) is 0 Å². The lowest BCUT2D eigenvalue weighted by Crippen LogP contribution is -2.57. The van der Waals surface area contributed by atoms with Crippen LogP contribution in [0, 0.1) is 5.41 Å². The minimum atomic E-state index is -2.61. The molecule has 0 saturated carbocycles. The first-order chi connectivity index (χ1) is 31.6. The van der Waals surface area contributed by atoms with Gasteiger partial charge in [-0.25, -0.2) is 4.31 Å². The Morgan fingerprint density at radius 2 is 0.603 bits per heavy atom. The molecule has 0 heterocycles. The summed E-state index contributed by atoms with van der Waals surface area (Å²) >= 11 is 0. The molecule has 0 aromatic heterocycles. The van der Waals surface area contributed by atoms with E-state index in [0.29, 0.717) is 0 Å². The number of hydrogen-bond acceptors (Lipinski definition) is 9. The van der Waals surface area contributed by atoms with Crippen LogP contribution >= 0.6 is 17.2 Å². The Hall–Kier alpha value is -1.06. The monoisotopic (exact) mass is 995 g/mol. The number of hydrogen-bond donors (Lipinski definition) is 8. The summed E-state index contributed by atoms with van der Waals surface area (Å²) in [4.78, 5) is 31.3. The van der Waals surface area contributed by atoms with Crippen LogP contribution in [0.3, 0.4) is 0 Å². The summed E-state index contributed by atoms with van der Waals surface area (Å²) in [6, 6.07) is 9.25. The molecular weight excluding hydrogens is 891 g/mol. The largest absolute Gasteiger partial charge is 0.395 e. The lowest BCUT2D eigenvalue weighted by molar-refractivity contribution is -0.138. The molecule has 2 rings (SSSR count). The predicted octanol–water partition coefficient (Wildman–Crippen LogP) is 14.4. The Labute approximate surface area is 419 Å². The van der Waals surface area contributed by atoms with E-state index >= 15 is 0 Å². The van der Waals surface area contributed by atoms with Gasteiger partial charge in [-0.05, 0) is 91.9 Å². The molecule has 0 spiro atoms. The highest BCUT2D eigenvalue weighted by Gasteiger charge is 2.58. The molecule has 0 unspecified atom stereocenters. The molecule has 0 aliphatic carbocycles. The number of aliphatic hydroxyl groups excluding tert-OH is 3. The second-order valence-electron chi connectivity index (χ2n) is 24.0. The van der Waals surface area contributed by atoms with E-state index in [0.717, 1.165) is 59.1 Å². The molecule has 0 bridgehead atoms. The number of aryl methyl sites for hydroxylation is 2. The second-order valence-corrected chi connectivity index (χ2v) is 25.7. The van der Waals surface area contributed by atoms with Crippen LogP contribution in [0.5, 0.6) is 0 Å². The molecule has 2 aromatic rings. The van der Waals surface area contributed by atoms with Gasteiger partial charge in [0.2, 0.25) is 0 Å². The molecule has 11 heteroatoms. The first kappa shape index (κ1) is 65.0. The Kier molecular flexibility index (Phi) is 29.5. The lowest BCUT2D eigenvalue weighted by Gasteiger charge is -2.52. The molecule has 0 fully saturated rings. The van der Waals surface area contributed by atoms with Crippen LogP contribution in [0.1, 0.15) is 270 Å². The summed E-state index contributed by atoms with van der Waals surface area (Å²) in [6.45, 7) is 29.4. The molecule has 8 N–H and O–H groups in total. The molecule has 0 saturated heterocycles. The van der Waals surface area contributed by atoms with Crippen molar-refractivity contribution in [1.29, 1.82) is 0 Å². The van der Waals surface area contributed by atoms with Gasteiger partial charge in [-0.3, -0.25) is 0 Å². The van der Waals surface area contributed by atoms with Gasteiger partial charge in [0.05, 0.1) is 25.2 Å². The van der Waals surface area contributed by atoms with Crippen LogP contribution < -0.4 is 0 Å². The molecular formula is C57H104O9P2. The van der Waals surface area contributed by atoms with Crippen LogP contribution in [0.4, 0.5) is 0 Å². The molecule has 0 amide bonds. The Morgan fingerprint density at radius 3 is 0.779 bits per heavy atom. The SMILES string of the molecule is CCCCCCCCCCCCc1cc(C(C)(C)C)c(C(O)(c2c(C(C)(C)C)cc(CCCCCCCCCCCC)cc2C(C)(C)C)C(CO)(CO)CO)c(C(C)(C)C)c1.OP(O)OP(O)O.